The Balaban J connectivity index is 1.58. The van der Waals surface area contributed by atoms with Gasteiger partial charge in [-0.05, 0) is 32.2 Å². The van der Waals surface area contributed by atoms with Crippen molar-refractivity contribution in [3.63, 3.8) is 0 Å². The third-order valence-electron chi connectivity index (χ3n) is 4.39. The zero-order valence-electron chi connectivity index (χ0n) is 12.9. The number of fused-ring (bicyclic) bond motifs is 2. The molecule has 21 heavy (non-hydrogen) atoms. The quantitative estimate of drug-likeness (QED) is 0.786. The van der Waals surface area contributed by atoms with Gasteiger partial charge in [0.25, 0.3) is 0 Å². The van der Waals surface area contributed by atoms with Gasteiger partial charge in [-0.15, -0.1) is 0 Å². The molecule has 2 aliphatic rings. The molecule has 0 aliphatic carbocycles. The molecule has 0 radical (unpaired) electrons. The van der Waals surface area contributed by atoms with Gasteiger partial charge in [0.15, 0.2) is 5.82 Å². The fourth-order valence-electron chi connectivity index (χ4n) is 3.36. The van der Waals surface area contributed by atoms with Crippen LogP contribution >= 0.6 is 0 Å². The average molecular weight is 295 g/mol. The van der Waals surface area contributed by atoms with Gasteiger partial charge >= 0.3 is 0 Å². The molecule has 0 amide bonds. The Morgan fingerprint density at radius 3 is 3.00 bits per heavy atom. The third-order valence-corrected chi connectivity index (χ3v) is 4.39. The van der Waals surface area contributed by atoms with E-state index in [-0.39, 0.29) is 6.04 Å². The summed E-state index contributed by atoms with van der Waals surface area (Å²) in [6, 6.07) is 0.222. The second kappa shape index (κ2) is 6.85. The van der Waals surface area contributed by atoms with E-state index in [0.29, 0.717) is 37.0 Å². The van der Waals surface area contributed by atoms with Crippen molar-refractivity contribution in [2.24, 2.45) is 0 Å². The minimum absolute atomic E-state index is 0.222. The standard InChI is InChI=1S/C15H25N3O3/c1-3-6-16-10(9-19-2)7-14-17-15(18-21-14)12-8-11-4-5-13(12)20-11/h10-13,16H,3-9H2,1-2H3. The van der Waals surface area contributed by atoms with Crippen LogP contribution in [-0.2, 0) is 15.9 Å². The SMILES string of the molecule is CCCNC(COC)Cc1nc(C2CC3CCC2O3)no1. The fourth-order valence-corrected chi connectivity index (χ4v) is 3.36. The van der Waals surface area contributed by atoms with Gasteiger partial charge in [0.05, 0.1) is 24.7 Å². The third kappa shape index (κ3) is 3.44. The summed E-state index contributed by atoms with van der Waals surface area (Å²) in [6.07, 6.45) is 5.87. The van der Waals surface area contributed by atoms with Gasteiger partial charge in [-0.1, -0.05) is 12.1 Å². The molecule has 4 unspecified atom stereocenters. The molecule has 1 aromatic heterocycles. The van der Waals surface area contributed by atoms with E-state index in [9.17, 15) is 0 Å². The van der Waals surface area contributed by atoms with E-state index in [1.54, 1.807) is 7.11 Å². The summed E-state index contributed by atoms with van der Waals surface area (Å²) >= 11 is 0. The fraction of sp³-hybridized carbons (Fsp3) is 0.867. The maximum absolute atomic E-state index is 5.87. The van der Waals surface area contributed by atoms with Crippen LogP contribution in [0.3, 0.4) is 0 Å². The summed E-state index contributed by atoms with van der Waals surface area (Å²) in [6.45, 7) is 3.76. The molecule has 2 aliphatic heterocycles. The van der Waals surface area contributed by atoms with Crippen molar-refractivity contribution in [3.8, 4) is 0 Å². The van der Waals surface area contributed by atoms with Crippen molar-refractivity contribution in [3.05, 3.63) is 11.7 Å². The topological polar surface area (TPSA) is 69.4 Å². The van der Waals surface area contributed by atoms with Crippen LogP contribution in [0.4, 0.5) is 0 Å². The highest BCUT2D eigenvalue weighted by Gasteiger charge is 2.43. The van der Waals surface area contributed by atoms with Gasteiger partial charge in [0.1, 0.15) is 0 Å². The number of ether oxygens (including phenoxy) is 2. The normalized spacial score (nSPS) is 29.1. The zero-order chi connectivity index (χ0) is 14.7. The second-order valence-electron chi connectivity index (χ2n) is 6.07. The number of hydrogen-bond donors (Lipinski definition) is 1. The lowest BCUT2D eigenvalue weighted by Crippen LogP contribution is -2.35. The predicted octanol–water partition coefficient (Wildman–Crippen LogP) is 1.66. The number of nitrogens with one attached hydrogen (secondary N) is 1. The monoisotopic (exact) mass is 295 g/mol. The number of hydrogen-bond acceptors (Lipinski definition) is 6. The van der Waals surface area contributed by atoms with Crippen LogP contribution < -0.4 is 5.32 Å². The molecule has 6 nitrogen and oxygen atoms in total. The summed E-state index contributed by atoms with van der Waals surface area (Å²) in [5, 5.41) is 7.62. The van der Waals surface area contributed by atoms with E-state index in [1.165, 1.54) is 6.42 Å². The highest BCUT2D eigenvalue weighted by Crippen LogP contribution is 2.43. The molecule has 2 saturated heterocycles. The van der Waals surface area contributed by atoms with Crippen molar-refractivity contribution >= 4 is 0 Å². The molecule has 2 fully saturated rings. The molecular weight excluding hydrogens is 270 g/mol. The Kier molecular flexibility index (Phi) is 4.87. The van der Waals surface area contributed by atoms with Gasteiger partial charge in [-0.25, -0.2) is 0 Å². The van der Waals surface area contributed by atoms with Crippen LogP contribution in [0.15, 0.2) is 4.52 Å². The average Bonchev–Trinajstić information content (AvgIpc) is 3.20. The molecule has 3 heterocycles. The molecular formula is C15H25N3O3. The summed E-state index contributed by atoms with van der Waals surface area (Å²) in [5.41, 5.74) is 0. The molecule has 6 heteroatoms. The highest BCUT2D eigenvalue weighted by atomic mass is 16.5. The van der Waals surface area contributed by atoms with E-state index in [2.05, 4.69) is 22.4 Å². The Morgan fingerprint density at radius 1 is 1.43 bits per heavy atom. The highest BCUT2D eigenvalue weighted by molar-refractivity contribution is 5.07. The summed E-state index contributed by atoms with van der Waals surface area (Å²) < 4.78 is 16.5. The van der Waals surface area contributed by atoms with Gasteiger partial charge in [0.2, 0.25) is 5.89 Å². The molecule has 1 aromatic rings. The number of rotatable bonds is 8. The Hall–Kier alpha value is -0.980. The van der Waals surface area contributed by atoms with E-state index in [1.807, 2.05) is 0 Å². The van der Waals surface area contributed by atoms with Crippen molar-refractivity contribution in [2.45, 2.75) is 63.2 Å². The van der Waals surface area contributed by atoms with Crippen molar-refractivity contribution in [2.75, 3.05) is 20.3 Å². The van der Waals surface area contributed by atoms with Crippen LogP contribution in [0.1, 0.15) is 50.2 Å². The van der Waals surface area contributed by atoms with Crippen LogP contribution in [0.25, 0.3) is 0 Å². The first-order valence-corrected chi connectivity index (χ1v) is 8.00. The first kappa shape index (κ1) is 14.9. The second-order valence-corrected chi connectivity index (χ2v) is 6.07. The van der Waals surface area contributed by atoms with Crippen LogP contribution in [0.5, 0.6) is 0 Å². The van der Waals surface area contributed by atoms with Gasteiger partial charge in [-0.3, -0.25) is 0 Å². The van der Waals surface area contributed by atoms with Crippen LogP contribution in [0, 0.1) is 0 Å². The summed E-state index contributed by atoms with van der Waals surface area (Å²) in [7, 11) is 1.71. The molecule has 4 atom stereocenters. The lowest BCUT2D eigenvalue weighted by molar-refractivity contribution is 0.0996. The molecule has 2 bridgehead atoms. The van der Waals surface area contributed by atoms with E-state index in [0.717, 1.165) is 31.6 Å². The smallest absolute Gasteiger partial charge is 0.228 e. The van der Waals surface area contributed by atoms with Crippen molar-refractivity contribution in [1.29, 1.82) is 0 Å². The number of methoxy groups -OCH3 is 1. The maximum atomic E-state index is 5.87. The van der Waals surface area contributed by atoms with Gasteiger partial charge in [-0.2, -0.15) is 4.98 Å². The zero-order valence-corrected chi connectivity index (χ0v) is 12.9. The summed E-state index contributed by atoms with van der Waals surface area (Å²) in [4.78, 5) is 4.59. The molecule has 0 saturated carbocycles. The van der Waals surface area contributed by atoms with E-state index < -0.39 is 0 Å². The molecule has 118 valence electrons. The first-order chi connectivity index (χ1) is 10.3. The summed E-state index contributed by atoms with van der Waals surface area (Å²) in [5.74, 6) is 1.84. The lowest BCUT2D eigenvalue weighted by atomic mass is 9.89. The lowest BCUT2D eigenvalue weighted by Gasteiger charge is -2.15. The largest absolute Gasteiger partial charge is 0.383 e. The Morgan fingerprint density at radius 2 is 2.33 bits per heavy atom. The number of nitrogens with zero attached hydrogens (tertiary/aromatic N) is 2. The molecule has 0 spiro atoms. The minimum atomic E-state index is 0.222. The van der Waals surface area contributed by atoms with Gasteiger partial charge < -0.3 is 19.3 Å². The van der Waals surface area contributed by atoms with Crippen molar-refractivity contribution in [1.82, 2.24) is 15.5 Å². The minimum Gasteiger partial charge on any atom is -0.383 e. The molecule has 1 N–H and O–H groups in total. The predicted molar refractivity (Wildman–Crippen MR) is 77.2 cm³/mol. The molecule has 3 rings (SSSR count). The van der Waals surface area contributed by atoms with E-state index in [4.69, 9.17) is 14.0 Å². The van der Waals surface area contributed by atoms with Crippen molar-refractivity contribution < 1.29 is 14.0 Å². The Labute approximate surface area is 125 Å². The van der Waals surface area contributed by atoms with E-state index >= 15 is 0 Å². The first-order valence-electron chi connectivity index (χ1n) is 8.00. The van der Waals surface area contributed by atoms with Crippen LogP contribution in [0.2, 0.25) is 0 Å². The maximum Gasteiger partial charge on any atom is 0.228 e. The van der Waals surface area contributed by atoms with Gasteiger partial charge in [0, 0.05) is 19.6 Å². The number of aromatic nitrogens is 2. The molecule has 0 aromatic carbocycles. The Bertz CT molecular complexity index is 451. The van der Waals surface area contributed by atoms with Crippen LogP contribution in [-0.4, -0.2) is 48.7 Å².